The topological polar surface area (TPSA) is 55.4 Å². The molecule has 0 unspecified atom stereocenters. The van der Waals surface area contributed by atoms with Crippen molar-refractivity contribution in [2.75, 3.05) is 6.61 Å². The molecule has 7 heteroatoms. The van der Waals surface area contributed by atoms with Gasteiger partial charge in [0.05, 0.1) is 3.79 Å². The summed E-state index contributed by atoms with van der Waals surface area (Å²) in [5, 5.41) is 2.77. The van der Waals surface area contributed by atoms with Gasteiger partial charge in [0.15, 0.2) is 6.61 Å². The number of amides is 1. The maximum Gasteiger partial charge on any atom is 0.348 e. The molecule has 0 spiro atoms. The van der Waals surface area contributed by atoms with Gasteiger partial charge in [0.25, 0.3) is 5.91 Å². The quantitative estimate of drug-likeness (QED) is 0.724. The lowest BCUT2D eigenvalue weighted by atomic mass is 10.2. The molecule has 0 aliphatic rings. The SMILES string of the molecule is CCC[C@H](C)NC(=O)COC(=O)c1cc(Br)c(Br)s1. The minimum absolute atomic E-state index is 0.0984. The number of carbonyl (C=O) groups excluding carboxylic acids is 2. The molecule has 4 nitrogen and oxygen atoms in total. The summed E-state index contributed by atoms with van der Waals surface area (Å²) >= 11 is 7.85. The Morgan fingerprint density at radius 1 is 1.47 bits per heavy atom. The zero-order chi connectivity index (χ0) is 14.4. The normalized spacial score (nSPS) is 12.0. The minimum Gasteiger partial charge on any atom is -0.451 e. The summed E-state index contributed by atoms with van der Waals surface area (Å²) in [5.74, 6) is -0.765. The van der Waals surface area contributed by atoms with E-state index in [0.717, 1.165) is 21.1 Å². The molecule has 0 aliphatic carbocycles. The van der Waals surface area contributed by atoms with Crippen LogP contribution in [0.4, 0.5) is 0 Å². The van der Waals surface area contributed by atoms with Crippen molar-refractivity contribution in [2.24, 2.45) is 0 Å². The average molecular weight is 413 g/mol. The average Bonchev–Trinajstić information content (AvgIpc) is 2.67. The third-order valence-electron chi connectivity index (χ3n) is 2.31. The lowest BCUT2D eigenvalue weighted by molar-refractivity contribution is -0.124. The van der Waals surface area contributed by atoms with E-state index in [-0.39, 0.29) is 18.6 Å². The second-order valence-corrected chi connectivity index (χ2v) is 7.29. The molecule has 0 radical (unpaired) electrons. The second-order valence-electron chi connectivity index (χ2n) is 4.07. The molecule has 0 aromatic carbocycles. The van der Waals surface area contributed by atoms with E-state index in [4.69, 9.17) is 4.74 Å². The van der Waals surface area contributed by atoms with Crippen LogP contribution >= 0.6 is 43.2 Å². The number of nitrogens with one attached hydrogen (secondary N) is 1. The predicted octanol–water partition coefficient (Wildman–Crippen LogP) is 3.73. The molecule has 19 heavy (non-hydrogen) atoms. The van der Waals surface area contributed by atoms with Gasteiger partial charge in [-0.05, 0) is 51.3 Å². The van der Waals surface area contributed by atoms with E-state index in [2.05, 4.69) is 44.1 Å². The first-order chi connectivity index (χ1) is 8.93. The Hall–Kier alpha value is -0.400. The third kappa shape index (κ3) is 5.62. The van der Waals surface area contributed by atoms with Crippen molar-refractivity contribution in [3.63, 3.8) is 0 Å². The number of thiophene rings is 1. The molecule has 1 aromatic heterocycles. The monoisotopic (exact) mass is 411 g/mol. The molecule has 106 valence electrons. The zero-order valence-corrected chi connectivity index (χ0v) is 14.7. The molecule has 0 fully saturated rings. The highest BCUT2D eigenvalue weighted by Crippen LogP contribution is 2.32. The Balaban J connectivity index is 2.40. The number of hydrogen-bond acceptors (Lipinski definition) is 4. The number of esters is 1. The highest BCUT2D eigenvalue weighted by Gasteiger charge is 2.15. The van der Waals surface area contributed by atoms with Gasteiger partial charge in [-0.25, -0.2) is 4.79 Å². The molecule has 1 heterocycles. The standard InChI is InChI=1S/C12H15Br2NO3S/c1-3-4-7(2)15-10(16)6-18-12(17)9-5-8(13)11(14)19-9/h5,7H,3-4,6H2,1-2H3,(H,15,16)/t7-/m0/s1. The Morgan fingerprint density at radius 3 is 2.68 bits per heavy atom. The van der Waals surface area contributed by atoms with Gasteiger partial charge in [0.2, 0.25) is 0 Å². The van der Waals surface area contributed by atoms with Crippen molar-refractivity contribution in [3.8, 4) is 0 Å². The molecule has 1 amide bonds. The number of ether oxygens (including phenoxy) is 1. The molecule has 1 aromatic rings. The van der Waals surface area contributed by atoms with Crippen LogP contribution in [0.1, 0.15) is 36.4 Å². The van der Waals surface area contributed by atoms with Crippen LogP contribution in [-0.4, -0.2) is 24.5 Å². The van der Waals surface area contributed by atoms with Crippen LogP contribution in [-0.2, 0) is 9.53 Å². The van der Waals surface area contributed by atoms with E-state index in [9.17, 15) is 9.59 Å². The summed E-state index contributed by atoms with van der Waals surface area (Å²) in [6.45, 7) is 3.73. The van der Waals surface area contributed by atoms with Gasteiger partial charge in [-0.15, -0.1) is 11.3 Å². The van der Waals surface area contributed by atoms with E-state index in [0.29, 0.717) is 4.88 Å². The maximum atomic E-state index is 11.7. The Bertz CT molecular complexity index is 442. The van der Waals surface area contributed by atoms with Crippen LogP contribution in [0, 0.1) is 0 Å². The van der Waals surface area contributed by atoms with E-state index in [1.165, 1.54) is 11.3 Å². The van der Waals surface area contributed by atoms with Crippen molar-refractivity contribution in [1.82, 2.24) is 5.32 Å². The summed E-state index contributed by atoms with van der Waals surface area (Å²) in [7, 11) is 0. The van der Waals surface area contributed by atoms with Crippen molar-refractivity contribution in [3.05, 3.63) is 19.2 Å². The van der Waals surface area contributed by atoms with Gasteiger partial charge in [0.1, 0.15) is 4.88 Å². The summed E-state index contributed by atoms with van der Waals surface area (Å²) in [6.07, 6.45) is 1.91. The third-order valence-corrected chi connectivity index (χ3v) is 5.55. The summed E-state index contributed by atoms with van der Waals surface area (Å²) in [4.78, 5) is 23.7. The fourth-order valence-corrected chi connectivity index (χ4v) is 3.40. The number of carbonyl (C=O) groups is 2. The smallest absolute Gasteiger partial charge is 0.348 e. The molecule has 0 saturated heterocycles. The molecule has 0 saturated carbocycles. The summed E-state index contributed by atoms with van der Waals surface area (Å²) in [5.41, 5.74) is 0. The Kier molecular flexibility index (Phi) is 7.02. The highest BCUT2D eigenvalue weighted by molar-refractivity contribution is 9.13. The van der Waals surface area contributed by atoms with Crippen LogP contribution in [0.15, 0.2) is 14.3 Å². The first-order valence-corrected chi connectivity index (χ1v) is 8.25. The zero-order valence-electron chi connectivity index (χ0n) is 10.7. The van der Waals surface area contributed by atoms with E-state index in [1.807, 2.05) is 6.92 Å². The lowest BCUT2D eigenvalue weighted by Gasteiger charge is -2.12. The Morgan fingerprint density at radius 2 is 2.16 bits per heavy atom. The fraction of sp³-hybridized carbons (Fsp3) is 0.500. The molecule has 1 N–H and O–H groups in total. The van der Waals surface area contributed by atoms with Gasteiger partial charge in [-0.1, -0.05) is 13.3 Å². The first kappa shape index (κ1) is 16.7. The molecular formula is C12H15Br2NO3S. The van der Waals surface area contributed by atoms with Gasteiger partial charge in [0, 0.05) is 10.5 Å². The van der Waals surface area contributed by atoms with Crippen molar-refractivity contribution in [1.29, 1.82) is 0 Å². The first-order valence-electron chi connectivity index (χ1n) is 5.85. The lowest BCUT2D eigenvalue weighted by Crippen LogP contribution is -2.35. The van der Waals surface area contributed by atoms with Crippen LogP contribution in [0.25, 0.3) is 0 Å². The Labute approximate surface area is 133 Å². The largest absolute Gasteiger partial charge is 0.451 e. The van der Waals surface area contributed by atoms with Crippen LogP contribution in [0.5, 0.6) is 0 Å². The van der Waals surface area contributed by atoms with Crippen molar-refractivity contribution in [2.45, 2.75) is 32.7 Å². The van der Waals surface area contributed by atoms with Crippen LogP contribution in [0.3, 0.4) is 0 Å². The fourth-order valence-electron chi connectivity index (χ4n) is 1.47. The summed E-state index contributed by atoms with van der Waals surface area (Å²) in [6, 6.07) is 1.76. The van der Waals surface area contributed by atoms with Gasteiger partial charge in [-0.2, -0.15) is 0 Å². The number of rotatable bonds is 6. The van der Waals surface area contributed by atoms with Gasteiger partial charge in [-0.3, -0.25) is 4.79 Å². The molecule has 1 rings (SSSR count). The molecular weight excluding hydrogens is 398 g/mol. The van der Waals surface area contributed by atoms with Crippen LogP contribution in [0.2, 0.25) is 0 Å². The van der Waals surface area contributed by atoms with E-state index in [1.54, 1.807) is 6.07 Å². The molecule has 0 aliphatic heterocycles. The molecule has 0 bridgehead atoms. The number of hydrogen-bond donors (Lipinski definition) is 1. The minimum atomic E-state index is -0.491. The van der Waals surface area contributed by atoms with Crippen LogP contribution < -0.4 is 5.32 Å². The van der Waals surface area contributed by atoms with Crippen molar-refractivity contribution >= 4 is 55.1 Å². The summed E-state index contributed by atoms with van der Waals surface area (Å²) < 4.78 is 6.57. The highest BCUT2D eigenvalue weighted by atomic mass is 79.9. The second kappa shape index (κ2) is 8.01. The van der Waals surface area contributed by atoms with E-state index >= 15 is 0 Å². The van der Waals surface area contributed by atoms with Gasteiger partial charge >= 0.3 is 5.97 Å². The van der Waals surface area contributed by atoms with Crippen molar-refractivity contribution < 1.29 is 14.3 Å². The number of halogens is 2. The predicted molar refractivity (Wildman–Crippen MR) is 82.5 cm³/mol. The maximum absolute atomic E-state index is 11.7. The van der Waals surface area contributed by atoms with E-state index < -0.39 is 5.97 Å². The van der Waals surface area contributed by atoms with Gasteiger partial charge < -0.3 is 10.1 Å². The molecule has 1 atom stereocenters.